The average molecular weight is 449 g/mol. The third-order valence-electron chi connectivity index (χ3n) is 5.33. The molecule has 1 saturated heterocycles. The molecule has 2 aromatic rings. The maximum atomic E-state index is 13.4. The standard InChI is InChI=1S/C21H21F2N3O4S/c22-18-8-3-15(13-19(18)23)21(28)26-11-9-25(10-12-26)20(27)14-1-6-17(7-2-14)31(29,30)24-16-4-5-16/h1-3,6-8,13,16,24H,4-5,9-12H2. The Morgan fingerprint density at radius 1 is 0.806 bits per heavy atom. The summed E-state index contributed by atoms with van der Waals surface area (Å²) in [6.07, 6.45) is 1.67. The Balaban J connectivity index is 1.36. The molecule has 1 aliphatic heterocycles. The molecule has 2 amide bonds. The van der Waals surface area contributed by atoms with Crippen molar-refractivity contribution in [2.24, 2.45) is 0 Å². The van der Waals surface area contributed by atoms with E-state index in [-0.39, 0.29) is 48.6 Å². The van der Waals surface area contributed by atoms with Crippen LogP contribution in [0.5, 0.6) is 0 Å². The van der Waals surface area contributed by atoms with Crippen LogP contribution in [-0.2, 0) is 10.0 Å². The Kier molecular flexibility index (Phi) is 5.76. The second kappa shape index (κ2) is 8.35. The predicted octanol–water partition coefficient (Wildman–Crippen LogP) is 2.00. The van der Waals surface area contributed by atoms with E-state index >= 15 is 0 Å². The maximum absolute atomic E-state index is 13.4. The van der Waals surface area contributed by atoms with Crippen LogP contribution in [0.3, 0.4) is 0 Å². The van der Waals surface area contributed by atoms with E-state index in [0.717, 1.165) is 25.0 Å². The van der Waals surface area contributed by atoms with Gasteiger partial charge in [-0.1, -0.05) is 0 Å². The summed E-state index contributed by atoms with van der Waals surface area (Å²) in [7, 11) is -3.58. The quantitative estimate of drug-likeness (QED) is 0.757. The third kappa shape index (κ3) is 4.75. The maximum Gasteiger partial charge on any atom is 0.254 e. The normalized spacial score (nSPS) is 17.0. The molecule has 2 aliphatic rings. The number of sulfonamides is 1. The number of halogens is 2. The summed E-state index contributed by atoms with van der Waals surface area (Å²) in [6, 6.07) is 8.75. The lowest BCUT2D eigenvalue weighted by atomic mass is 10.1. The van der Waals surface area contributed by atoms with Crippen molar-refractivity contribution in [3.63, 3.8) is 0 Å². The van der Waals surface area contributed by atoms with Gasteiger partial charge in [0.25, 0.3) is 11.8 Å². The highest BCUT2D eigenvalue weighted by Crippen LogP contribution is 2.22. The molecular formula is C21H21F2N3O4S. The van der Waals surface area contributed by atoms with Gasteiger partial charge in [0.2, 0.25) is 10.0 Å². The molecule has 1 heterocycles. The van der Waals surface area contributed by atoms with Gasteiger partial charge in [-0.3, -0.25) is 9.59 Å². The summed E-state index contributed by atoms with van der Waals surface area (Å²) in [5, 5.41) is 0. The van der Waals surface area contributed by atoms with Crippen molar-refractivity contribution in [3.05, 3.63) is 65.2 Å². The zero-order valence-electron chi connectivity index (χ0n) is 16.6. The van der Waals surface area contributed by atoms with Crippen LogP contribution in [-0.4, -0.2) is 62.3 Å². The fourth-order valence-electron chi connectivity index (χ4n) is 3.37. The minimum atomic E-state index is -3.58. The van der Waals surface area contributed by atoms with E-state index in [1.165, 1.54) is 35.2 Å². The summed E-state index contributed by atoms with van der Waals surface area (Å²) in [6.45, 7) is 1.05. The molecule has 4 rings (SSSR count). The number of rotatable bonds is 5. The second-order valence-corrected chi connectivity index (χ2v) is 9.35. The number of nitrogens with one attached hydrogen (secondary N) is 1. The lowest BCUT2D eigenvalue weighted by molar-refractivity contribution is 0.0535. The zero-order chi connectivity index (χ0) is 22.2. The van der Waals surface area contributed by atoms with Crippen molar-refractivity contribution in [1.82, 2.24) is 14.5 Å². The number of benzene rings is 2. The fraction of sp³-hybridized carbons (Fsp3) is 0.333. The Labute approximate surface area is 178 Å². The van der Waals surface area contributed by atoms with E-state index in [4.69, 9.17) is 0 Å². The van der Waals surface area contributed by atoms with Crippen LogP contribution in [0.1, 0.15) is 33.6 Å². The van der Waals surface area contributed by atoms with Crippen LogP contribution >= 0.6 is 0 Å². The van der Waals surface area contributed by atoms with Gasteiger partial charge in [0.1, 0.15) is 0 Å². The van der Waals surface area contributed by atoms with Gasteiger partial charge in [0.05, 0.1) is 4.90 Å². The van der Waals surface area contributed by atoms with E-state index in [9.17, 15) is 26.8 Å². The monoisotopic (exact) mass is 449 g/mol. The molecule has 0 spiro atoms. The van der Waals surface area contributed by atoms with Crippen LogP contribution < -0.4 is 4.72 Å². The molecule has 164 valence electrons. The molecule has 10 heteroatoms. The molecule has 31 heavy (non-hydrogen) atoms. The van der Waals surface area contributed by atoms with Gasteiger partial charge < -0.3 is 9.80 Å². The van der Waals surface area contributed by atoms with Crippen LogP contribution in [0.2, 0.25) is 0 Å². The van der Waals surface area contributed by atoms with Crippen molar-refractivity contribution in [3.8, 4) is 0 Å². The largest absolute Gasteiger partial charge is 0.335 e. The van der Waals surface area contributed by atoms with Crippen molar-refractivity contribution in [2.75, 3.05) is 26.2 Å². The molecule has 0 radical (unpaired) electrons. The molecule has 0 atom stereocenters. The first kappa shape index (κ1) is 21.4. The summed E-state index contributed by atoms with van der Waals surface area (Å²) in [5.41, 5.74) is 0.404. The van der Waals surface area contributed by atoms with E-state index in [0.29, 0.717) is 5.56 Å². The van der Waals surface area contributed by atoms with Crippen LogP contribution in [0.25, 0.3) is 0 Å². The number of carbonyl (C=O) groups excluding carboxylic acids is 2. The average Bonchev–Trinajstić information content (AvgIpc) is 3.58. The van der Waals surface area contributed by atoms with Gasteiger partial charge in [0, 0.05) is 43.3 Å². The van der Waals surface area contributed by atoms with Crippen molar-refractivity contribution in [2.45, 2.75) is 23.8 Å². The highest BCUT2D eigenvalue weighted by atomic mass is 32.2. The first-order valence-electron chi connectivity index (χ1n) is 9.90. The molecule has 1 N–H and O–H groups in total. The number of carbonyl (C=O) groups is 2. The van der Waals surface area contributed by atoms with Crippen LogP contribution in [0.4, 0.5) is 8.78 Å². The summed E-state index contributed by atoms with van der Waals surface area (Å²) < 4.78 is 53.5. The van der Waals surface area contributed by atoms with Gasteiger partial charge in [0.15, 0.2) is 11.6 Å². The van der Waals surface area contributed by atoms with Gasteiger partial charge in [-0.15, -0.1) is 0 Å². The smallest absolute Gasteiger partial charge is 0.254 e. The van der Waals surface area contributed by atoms with E-state index < -0.39 is 27.6 Å². The molecule has 2 fully saturated rings. The number of amides is 2. The van der Waals surface area contributed by atoms with Crippen molar-refractivity contribution >= 4 is 21.8 Å². The Morgan fingerprint density at radius 3 is 1.84 bits per heavy atom. The number of hydrogen-bond donors (Lipinski definition) is 1. The van der Waals surface area contributed by atoms with Crippen molar-refractivity contribution < 1.29 is 26.8 Å². The molecule has 0 unspecified atom stereocenters. The number of hydrogen-bond acceptors (Lipinski definition) is 4. The fourth-order valence-corrected chi connectivity index (χ4v) is 4.68. The Morgan fingerprint density at radius 2 is 1.32 bits per heavy atom. The highest BCUT2D eigenvalue weighted by Gasteiger charge is 2.29. The Hall–Kier alpha value is -2.85. The van der Waals surface area contributed by atoms with E-state index in [2.05, 4.69) is 4.72 Å². The summed E-state index contributed by atoms with van der Waals surface area (Å²) in [5.74, 6) is -2.80. The van der Waals surface area contributed by atoms with Crippen LogP contribution in [0.15, 0.2) is 47.4 Å². The molecule has 0 bridgehead atoms. The lowest BCUT2D eigenvalue weighted by Gasteiger charge is -2.35. The second-order valence-electron chi connectivity index (χ2n) is 7.63. The van der Waals surface area contributed by atoms with Gasteiger partial charge in [-0.2, -0.15) is 0 Å². The molecular weight excluding hydrogens is 428 g/mol. The van der Waals surface area contributed by atoms with Crippen LogP contribution in [0, 0.1) is 11.6 Å². The van der Waals surface area contributed by atoms with Gasteiger partial charge in [-0.05, 0) is 55.3 Å². The SMILES string of the molecule is O=C(c1ccc(S(=O)(=O)NC2CC2)cc1)N1CCN(C(=O)c2ccc(F)c(F)c2)CC1. The molecule has 1 aliphatic carbocycles. The lowest BCUT2D eigenvalue weighted by Crippen LogP contribution is -2.50. The first-order chi connectivity index (χ1) is 14.7. The third-order valence-corrected chi connectivity index (χ3v) is 6.87. The molecule has 2 aromatic carbocycles. The predicted molar refractivity (Wildman–Crippen MR) is 108 cm³/mol. The van der Waals surface area contributed by atoms with E-state index in [1.807, 2.05) is 0 Å². The minimum absolute atomic E-state index is 0.00304. The molecule has 0 aromatic heterocycles. The first-order valence-corrected chi connectivity index (χ1v) is 11.4. The van der Waals surface area contributed by atoms with E-state index in [1.54, 1.807) is 4.90 Å². The topological polar surface area (TPSA) is 86.8 Å². The summed E-state index contributed by atoms with van der Waals surface area (Å²) in [4.78, 5) is 28.4. The number of piperazine rings is 1. The molecule has 1 saturated carbocycles. The number of nitrogens with zero attached hydrogens (tertiary/aromatic N) is 2. The molecule has 7 nitrogen and oxygen atoms in total. The minimum Gasteiger partial charge on any atom is -0.335 e. The van der Waals surface area contributed by atoms with Gasteiger partial charge >= 0.3 is 0 Å². The highest BCUT2D eigenvalue weighted by molar-refractivity contribution is 7.89. The Bertz CT molecular complexity index is 1110. The summed E-state index contributed by atoms with van der Waals surface area (Å²) >= 11 is 0. The van der Waals surface area contributed by atoms with Gasteiger partial charge in [-0.25, -0.2) is 21.9 Å². The zero-order valence-corrected chi connectivity index (χ0v) is 17.4. The van der Waals surface area contributed by atoms with Crippen molar-refractivity contribution in [1.29, 1.82) is 0 Å².